The lowest BCUT2D eigenvalue weighted by Gasteiger charge is -2.31. The third kappa shape index (κ3) is 7.73. The molecule has 2 fully saturated rings. The summed E-state index contributed by atoms with van der Waals surface area (Å²) in [4.78, 5) is 24.6. The molecule has 13 heteroatoms. The number of alkyl halides is 3. The van der Waals surface area contributed by atoms with E-state index in [1.54, 1.807) is 19.2 Å². The molecule has 1 aromatic carbocycles. The van der Waals surface area contributed by atoms with Gasteiger partial charge in [-0.2, -0.15) is 18.2 Å². The second kappa shape index (κ2) is 13.6. The van der Waals surface area contributed by atoms with Gasteiger partial charge >= 0.3 is 11.9 Å². The van der Waals surface area contributed by atoms with Crippen LogP contribution < -0.4 is 22.1 Å². The molecular weight excluding hydrogens is 612 g/mol. The normalized spacial score (nSPS) is 19.2. The summed E-state index contributed by atoms with van der Waals surface area (Å²) in [6, 6.07) is 7.87. The number of nitrogens with one attached hydrogen (secondary N) is 4. The molecule has 0 amide bonds. The number of benzene rings is 1. The highest BCUT2D eigenvalue weighted by molar-refractivity contribution is 5.83. The lowest BCUT2D eigenvalue weighted by molar-refractivity contribution is -0.140. The highest BCUT2D eigenvalue weighted by Crippen LogP contribution is 2.38. The second-order valence-electron chi connectivity index (χ2n) is 12.9. The van der Waals surface area contributed by atoms with Crippen LogP contribution in [0.15, 0.2) is 47.5 Å². The Morgan fingerprint density at radius 1 is 1.19 bits per heavy atom. The third-order valence-electron chi connectivity index (χ3n) is 9.24. The predicted molar refractivity (Wildman–Crippen MR) is 173 cm³/mol. The van der Waals surface area contributed by atoms with Crippen molar-refractivity contribution in [3.63, 3.8) is 0 Å². The number of hydrogen-bond donors (Lipinski definition) is 5. The molecule has 1 saturated carbocycles. The van der Waals surface area contributed by atoms with Gasteiger partial charge in [-0.15, -0.1) is 0 Å². The van der Waals surface area contributed by atoms with E-state index in [1.165, 1.54) is 22.9 Å². The molecule has 47 heavy (non-hydrogen) atoms. The fourth-order valence-electron chi connectivity index (χ4n) is 6.52. The summed E-state index contributed by atoms with van der Waals surface area (Å²) in [6.45, 7) is 2.44. The van der Waals surface area contributed by atoms with Gasteiger partial charge in [0.1, 0.15) is 11.5 Å². The largest absolute Gasteiger partial charge is 0.419 e. The zero-order valence-corrected chi connectivity index (χ0v) is 26.3. The predicted octanol–water partition coefficient (Wildman–Crippen LogP) is 6.15. The van der Waals surface area contributed by atoms with E-state index in [0.717, 1.165) is 56.8 Å². The summed E-state index contributed by atoms with van der Waals surface area (Å²) in [5.74, 6) is -0.443. The molecule has 4 heterocycles. The number of aryl methyl sites for hydroxylation is 1. The molecule has 3 aromatic heterocycles. The molecular formula is C34H40F4N8O. The molecule has 0 radical (unpaired) electrons. The van der Waals surface area contributed by atoms with Crippen LogP contribution in [0.4, 0.5) is 17.6 Å². The van der Waals surface area contributed by atoms with Crippen LogP contribution in [0.5, 0.6) is 0 Å². The molecule has 6 N–H and O–H groups in total. The Morgan fingerprint density at radius 2 is 2.00 bits per heavy atom. The van der Waals surface area contributed by atoms with Gasteiger partial charge in [0.05, 0.1) is 34.7 Å². The van der Waals surface area contributed by atoms with Crippen molar-refractivity contribution in [2.24, 2.45) is 11.7 Å². The molecule has 0 unspecified atom stereocenters. The fraction of sp³-hybridized carbons (Fsp3) is 0.471. The van der Waals surface area contributed by atoms with Crippen molar-refractivity contribution in [3.05, 3.63) is 75.8 Å². The Balaban J connectivity index is 1.23. The maximum atomic E-state index is 15.4. The van der Waals surface area contributed by atoms with Gasteiger partial charge in [0.25, 0.3) is 0 Å². The minimum absolute atomic E-state index is 0.0309. The highest BCUT2D eigenvalue weighted by Gasteiger charge is 2.36. The lowest BCUT2D eigenvalue weighted by atomic mass is 9.94. The first kappa shape index (κ1) is 32.8. The van der Waals surface area contributed by atoms with Crippen molar-refractivity contribution in [3.8, 4) is 16.9 Å². The molecule has 0 bridgehead atoms. The summed E-state index contributed by atoms with van der Waals surface area (Å²) in [7, 11) is 0. The van der Waals surface area contributed by atoms with E-state index in [-0.39, 0.29) is 29.0 Å². The molecule has 3 atom stereocenters. The van der Waals surface area contributed by atoms with Crippen molar-refractivity contribution >= 4 is 16.9 Å². The topological polar surface area (TPSA) is 138 Å². The molecule has 1 saturated heterocycles. The van der Waals surface area contributed by atoms with Gasteiger partial charge in [0.2, 0.25) is 0 Å². The van der Waals surface area contributed by atoms with E-state index in [0.29, 0.717) is 53.7 Å². The van der Waals surface area contributed by atoms with Gasteiger partial charge < -0.3 is 21.4 Å². The molecule has 6 rings (SSSR count). The van der Waals surface area contributed by atoms with Gasteiger partial charge in [-0.1, -0.05) is 0 Å². The summed E-state index contributed by atoms with van der Waals surface area (Å²) in [5.41, 5.74) is 5.94. The average Bonchev–Trinajstić information content (AvgIpc) is 3.81. The standard InChI is InChI=1S/C34H40F4N8O/c1-19(39)41-13-12-23-5-3-7-29(43-23)28-11-10-24(17-42-28)46-18-22-16-30(44-32(22)45-33(46)47)25-14-20(4-2-6-27(40)21-8-9-21)15-26(31(25)35)34(36,37)38/h10-11,14-18,21,23,27,29,43H,2-9,12-13,40H2,1H3,(H2,39,41)(H,44,45,47)/t23-,27+,29-/m0/s1. The summed E-state index contributed by atoms with van der Waals surface area (Å²) in [5, 5.41) is 14.7. The number of nitrogens with zero attached hydrogens (tertiary/aromatic N) is 3. The third-order valence-corrected chi connectivity index (χ3v) is 9.24. The number of pyridine rings is 1. The number of fused-ring (bicyclic) bond motifs is 1. The van der Waals surface area contributed by atoms with Crippen LogP contribution in [0.25, 0.3) is 28.0 Å². The number of halogens is 4. The van der Waals surface area contributed by atoms with Gasteiger partial charge in [0.15, 0.2) is 0 Å². The van der Waals surface area contributed by atoms with Crippen LogP contribution in [-0.4, -0.2) is 44.0 Å². The highest BCUT2D eigenvalue weighted by atomic mass is 19.4. The first-order chi connectivity index (χ1) is 22.5. The smallest absolute Gasteiger partial charge is 0.374 e. The Morgan fingerprint density at radius 3 is 2.70 bits per heavy atom. The van der Waals surface area contributed by atoms with Gasteiger partial charge in [-0.05, 0) is 107 Å². The molecule has 1 aliphatic heterocycles. The SMILES string of the molecule is CC(=N)NCC[C@@H]1CCC[C@@H](c2ccc(-n3cc4cc(-c5cc(CCC[C@@H](N)C6CC6)cc(C(F)(F)F)c5F)[nH]c4nc3=O)cn2)N1. The van der Waals surface area contributed by atoms with Crippen LogP contribution in [0.2, 0.25) is 0 Å². The number of amidine groups is 1. The van der Waals surface area contributed by atoms with Crippen molar-refractivity contribution < 1.29 is 17.6 Å². The molecule has 1 aliphatic carbocycles. The summed E-state index contributed by atoms with van der Waals surface area (Å²) >= 11 is 0. The Bertz CT molecular complexity index is 1790. The van der Waals surface area contributed by atoms with E-state index in [4.69, 9.17) is 11.1 Å². The summed E-state index contributed by atoms with van der Waals surface area (Å²) < 4.78 is 58.4. The molecule has 0 spiro atoms. The van der Waals surface area contributed by atoms with Crippen LogP contribution >= 0.6 is 0 Å². The van der Waals surface area contributed by atoms with Crippen LogP contribution in [0.3, 0.4) is 0 Å². The number of piperidine rings is 1. The van der Waals surface area contributed by atoms with Crippen LogP contribution in [0, 0.1) is 17.1 Å². The number of aromatic nitrogens is 4. The zero-order chi connectivity index (χ0) is 33.3. The Hall–Kier alpha value is -4.10. The van der Waals surface area contributed by atoms with E-state index in [2.05, 4.69) is 25.6 Å². The van der Waals surface area contributed by atoms with Crippen molar-refractivity contribution in [2.45, 2.75) is 89.0 Å². The summed E-state index contributed by atoms with van der Waals surface area (Å²) in [6.07, 6.45) is 5.98. The number of rotatable bonds is 11. The fourth-order valence-corrected chi connectivity index (χ4v) is 6.52. The van der Waals surface area contributed by atoms with Crippen LogP contribution in [-0.2, 0) is 12.6 Å². The number of aromatic amines is 1. The quantitative estimate of drug-likeness (QED) is 0.0749. The van der Waals surface area contributed by atoms with Crippen molar-refractivity contribution in [1.29, 1.82) is 5.41 Å². The maximum absolute atomic E-state index is 15.4. The van der Waals surface area contributed by atoms with Gasteiger partial charge in [0, 0.05) is 41.8 Å². The molecule has 9 nitrogen and oxygen atoms in total. The molecule has 2 aliphatic rings. The number of hydrogen-bond acceptors (Lipinski definition) is 6. The monoisotopic (exact) mass is 652 g/mol. The van der Waals surface area contributed by atoms with Crippen LogP contribution in [0.1, 0.15) is 81.2 Å². The van der Waals surface area contributed by atoms with Gasteiger partial charge in [-0.3, -0.25) is 15.0 Å². The zero-order valence-electron chi connectivity index (χ0n) is 26.3. The Kier molecular flexibility index (Phi) is 9.47. The van der Waals surface area contributed by atoms with E-state index in [1.807, 2.05) is 6.07 Å². The molecule has 250 valence electrons. The number of nitrogens with two attached hydrogens (primary N) is 1. The van der Waals surface area contributed by atoms with Crippen molar-refractivity contribution in [1.82, 2.24) is 30.2 Å². The van der Waals surface area contributed by atoms with Gasteiger partial charge in [-0.25, -0.2) is 9.18 Å². The Labute approximate surface area is 269 Å². The first-order valence-electron chi connectivity index (χ1n) is 16.3. The average molecular weight is 653 g/mol. The lowest BCUT2D eigenvalue weighted by Crippen LogP contribution is -2.39. The van der Waals surface area contributed by atoms with E-state index < -0.39 is 23.2 Å². The molecule has 4 aromatic rings. The second-order valence-corrected chi connectivity index (χ2v) is 12.9. The van der Waals surface area contributed by atoms with E-state index in [9.17, 15) is 18.0 Å². The van der Waals surface area contributed by atoms with E-state index >= 15 is 4.39 Å². The van der Waals surface area contributed by atoms with Crippen molar-refractivity contribution in [2.75, 3.05) is 6.54 Å². The first-order valence-corrected chi connectivity index (χ1v) is 16.3. The number of H-pyrrole nitrogens is 1. The minimum atomic E-state index is -4.88. The minimum Gasteiger partial charge on any atom is -0.374 e. The maximum Gasteiger partial charge on any atom is 0.419 e.